The normalized spacial score (nSPS) is 17.0. The SMILES string of the molecule is Cn1nc(Cl)cc1[S+]([O-])C(C)(C)C1CCN(C(=O)Nc2ccnnc2)CC1. The molecule has 0 aliphatic carbocycles. The number of anilines is 1. The van der Waals surface area contributed by atoms with Crippen LogP contribution in [0.4, 0.5) is 10.5 Å². The number of piperidine rings is 1. The number of carbonyl (C=O) groups is 1. The Labute approximate surface area is 166 Å². The molecule has 0 bridgehead atoms. The molecule has 10 heteroatoms. The Morgan fingerprint density at radius 1 is 1.37 bits per heavy atom. The molecule has 8 nitrogen and oxygen atoms in total. The number of hydrogen-bond acceptors (Lipinski definition) is 5. The summed E-state index contributed by atoms with van der Waals surface area (Å²) in [7, 11) is 1.75. The van der Waals surface area contributed by atoms with Gasteiger partial charge in [-0.2, -0.15) is 15.3 Å². The fourth-order valence-corrected chi connectivity index (χ4v) is 5.21. The van der Waals surface area contributed by atoms with Crippen LogP contribution in [0.3, 0.4) is 0 Å². The minimum atomic E-state index is -1.25. The molecule has 1 atom stereocenters. The molecule has 0 aromatic carbocycles. The van der Waals surface area contributed by atoms with Gasteiger partial charge in [0, 0.05) is 37.2 Å². The molecule has 27 heavy (non-hydrogen) atoms. The maximum Gasteiger partial charge on any atom is 0.321 e. The molecule has 1 aliphatic rings. The van der Waals surface area contributed by atoms with Crippen molar-refractivity contribution in [1.29, 1.82) is 0 Å². The van der Waals surface area contributed by atoms with Crippen LogP contribution in [0.2, 0.25) is 5.15 Å². The van der Waals surface area contributed by atoms with Crippen LogP contribution in [0.25, 0.3) is 0 Å². The van der Waals surface area contributed by atoms with Gasteiger partial charge in [-0.05, 0) is 32.8 Å². The Bertz CT molecular complexity index is 792. The number of urea groups is 1. The van der Waals surface area contributed by atoms with E-state index < -0.39 is 15.9 Å². The lowest BCUT2D eigenvalue weighted by atomic mass is 9.86. The quantitative estimate of drug-likeness (QED) is 0.781. The number of amides is 2. The van der Waals surface area contributed by atoms with E-state index in [1.807, 2.05) is 13.8 Å². The number of aromatic nitrogens is 4. The third-order valence-electron chi connectivity index (χ3n) is 5.08. The van der Waals surface area contributed by atoms with Gasteiger partial charge in [0.2, 0.25) is 5.03 Å². The third-order valence-corrected chi connectivity index (χ3v) is 7.31. The van der Waals surface area contributed by atoms with Gasteiger partial charge in [-0.15, -0.1) is 0 Å². The second-order valence-corrected chi connectivity index (χ2v) is 9.52. The predicted octanol–water partition coefficient (Wildman–Crippen LogP) is 2.69. The number of nitrogens with one attached hydrogen (secondary N) is 1. The Hall–Kier alpha value is -1.84. The molecular formula is C17H23ClN6O2S. The van der Waals surface area contributed by atoms with Gasteiger partial charge in [-0.1, -0.05) is 11.6 Å². The fraction of sp³-hybridized carbons (Fsp3) is 0.529. The van der Waals surface area contributed by atoms with Gasteiger partial charge >= 0.3 is 6.03 Å². The van der Waals surface area contributed by atoms with Gasteiger partial charge in [-0.3, -0.25) is 0 Å². The molecule has 0 saturated carbocycles. The second kappa shape index (κ2) is 8.04. The molecule has 0 radical (unpaired) electrons. The summed E-state index contributed by atoms with van der Waals surface area (Å²) < 4.78 is 14.3. The summed E-state index contributed by atoms with van der Waals surface area (Å²) in [5, 5.41) is 15.3. The summed E-state index contributed by atoms with van der Waals surface area (Å²) in [5.41, 5.74) is 0.617. The monoisotopic (exact) mass is 410 g/mol. The average Bonchev–Trinajstić information content (AvgIpc) is 3.00. The van der Waals surface area contributed by atoms with E-state index >= 15 is 0 Å². The summed E-state index contributed by atoms with van der Waals surface area (Å²) in [5.74, 6) is 0.221. The Kier molecular flexibility index (Phi) is 5.92. The zero-order valence-corrected chi connectivity index (χ0v) is 17.1. The van der Waals surface area contributed by atoms with E-state index in [1.165, 1.54) is 12.4 Å². The standard InChI is InChI=1S/C17H23ClN6O2S/c1-17(2,27(26)15-10-14(18)22-23(15)3)12-5-8-24(9-6-12)16(25)21-13-4-7-19-20-11-13/h4,7,10-12H,5-6,8-9H2,1-3H3,(H,19,21,25). The number of carbonyl (C=O) groups excluding carboxylic acids is 1. The number of aryl methyl sites for hydroxylation is 1. The first kappa shape index (κ1) is 19.9. The largest absolute Gasteiger partial charge is 0.610 e. The van der Waals surface area contributed by atoms with Crippen LogP contribution in [-0.4, -0.2) is 53.3 Å². The lowest BCUT2D eigenvalue weighted by molar-refractivity contribution is 0.171. The molecule has 1 saturated heterocycles. The highest BCUT2D eigenvalue weighted by atomic mass is 35.5. The van der Waals surface area contributed by atoms with Crippen LogP contribution < -0.4 is 5.32 Å². The van der Waals surface area contributed by atoms with E-state index in [0.717, 1.165) is 12.8 Å². The molecule has 1 unspecified atom stereocenters. The van der Waals surface area contributed by atoms with Gasteiger partial charge in [0.1, 0.15) is 4.75 Å². The average molecular weight is 411 g/mol. The van der Waals surface area contributed by atoms with Crippen molar-refractivity contribution in [2.45, 2.75) is 36.5 Å². The maximum atomic E-state index is 13.1. The lowest BCUT2D eigenvalue weighted by Gasteiger charge is -2.40. The molecule has 3 heterocycles. The number of hydrogen-bond donors (Lipinski definition) is 1. The zero-order valence-electron chi connectivity index (χ0n) is 15.6. The number of halogens is 1. The summed E-state index contributed by atoms with van der Waals surface area (Å²) in [6.07, 6.45) is 4.61. The zero-order chi connectivity index (χ0) is 19.6. The molecule has 1 aliphatic heterocycles. The van der Waals surface area contributed by atoms with Crippen molar-refractivity contribution in [1.82, 2.24) is 24.9 Å². The highest BCUT2D eigenvalue weighted by Crippen LogP contribution is 2.38. The van der Waals surface area contributed by atoms with Gasteiger partial charge < -0.3 is 14.8 Å². The van der Waals surface area contributed by atoms with Crippen molar-refractivity contribution in [3.8, 4) is 0 Å². The van der Waals surface area contributed by atoms with Crippen molar-refractivity contribution in [2.75, 3.05) is 18.4 Å². The Morgan fingerprint density at radius 2 is 2.07 bits per heavy atom. The van der Waals surface area contributed by atoms with E-state index in [2.05, 4.69) is 20.6 Å². The molecule has 1 N–H and O–H groups in total. The summed E-state index contributed by atoms with van der Waals surface area (Å²) in [4.78, 5) is 14.2. The summed E-state index contributed by atoms with van der Waals surface area (Å²) >= 11 is 4.69. The van der Waals surface area contributed by atoms with E-state index in [9.17, 15) is 9.35 Å². The second-order valence-electron chi connectivity index (χ2n) is 7.12. The van der Waals surface area contributed by atoms with E-state index in [-0.39, 0.29) is 11.9 Å². The van der Waals surface area contributed by atoms with Gasteiger partial charge in [-0.25, -0.2) is 9.48 Å². The molecule has 0 spiro atoms. The molecular weight excluding hydrogens is 388 g/mol. The predicted molar refractivity (Wildman–Crippen MR) is 104 cm³/mol. The van der Waals surface area contributed by atoms with E-state index in [0.29, 0.717) is 29.0 Å². The van der Waals surface area contributed by atoms with E-state index in [1.54, 1.807) is 28.8 Å². The maximum absolute atomic E-state index is 13.1. The van der Waals surface area contributed by atoms with Gasteiger partial charge in [0.05, 0.1) is 24.1 Å². The smallest absolute Gasteiger partial charge is 0.321 e. The van der Waals surface area contributed by atoms with Crippen molar-refractivity contribution in [3.05, 3.63) is 29.7 Å². The molecule has 146 valence electrons. The Balaban J connectivity index is 1.60. The van der Waals surface area contributed by atoms with E-state index in [4.69, 9.17) is 11.6 Å². The molecule has 1 fully saturated rings. The first-order valence-corrected chi connectivity index (χ1v) is 10.3. The number of rotatable bonds is 4. The third kappa shape index (κ3) is 4.36. The number of likely N-dealkylation sites (tertiary alicyclic amines) is 1. The molecule has 2 amide bonds. The number of nitrogens with zero attached hydrogens (tertiary/aromatic N) is 5. The Morgan fingerprint density at radius 3 is 2.63 bits per heavy atom. The van der Waals surface area contributed by atoms with Crippen LogP contribution in [-0.2, 0) is 18.2 Å². The minimum Gasteiger partial charge on any atom is -0.610 e. The van der Waals surface area contributed by atoms with Gasteiger partial charge in [0.15, 0.2) is 5.15 Å². The van der Waals surface area contributed by atoms with Crippen molar-refractivity contribution in [2.24, 2.45) is 13.0 Å². The highest BCUT2D eigenvalue weighted by Gasteiger charge is 2.44. The van der Waals surface area contributed by atoms with Crippen LogP contribution >= 0.6 is 11.6 Å². The highest BCUT2D eigenvalue weighted by molar-refractivity contribution is 7.92. The van der Waals surface area contributed by atoms with Crippen LogP contribution in [0, 0.1) is 5.92 Å². The summed E-state index contributed by atoms with van der Waals surface area (Å²) in [6, 6.07) is 3.20. The van der Waals surface area contributed by atoms with Gasteiger partial charge in [0.25, 0.3) is 0 Å². The van der Waals surface area contributed by atoms with Crippen LogP contribution in [0.1, 0.15) is 26.7 Å². The van der Waals surface area contributed by atoms with Crippen molar-refractivity contribution < 1.29 is 9.35 Å². The van der Waals surface area contributed by atoms with Crippen molar-refractivity contribution in [3.63, 3.8) is 0 Å². The molecule has 2 aromatic rings. The van der Waals surface area contributed by atoms with Crippen LogP contribution in [0.5, 0.6) is 0 Å². The van der Waals surface area contributed by atoms with Crippen molar-refractivity contribution >= 4 is 34.5 Å². The first-order chi connectivity index (χ1) is 12.8. The van der Waals surface area contributed by atoms with Crippen LogP contribution in [0.15, 0.2) is 29.6 Å². The minimum absolute atomic E-state index is 0.154. The molecule has 2 aromatic heterocycles. The lowest BCUT2D eigenvalue weighted by Crippen LogP contribution is -2.48. The topological polar surface area (TPSA) is 99.0 Å². The first-order valence-electron chi connectivity index (χ1n) is 8.73. The summed E-state index contributed by atoms with van der Waals surface area (Å²) in [6.45, 7) is 5.24. The molecule has 3 rings (SSSR count). The fourth-order valence-electron chi connectivity index (χ4n) is 3.36.